The van der Waals surface area contributed by atoms with Gasteiger partial charge in [-0.1, -0.05) is 30.3 Å². The fourth-order valence-electron chi connectivity index (χ4n) is 3.14. The lowest BCUT2D eigenvalue weighted by atomic mass is 9.95. The Morgan fingerprint density at radius 1 is 1.15 bits per heavy atom. The van der Waals surface area contributed by atoms with Crippen molar-refractivity contribution in [3.05, 3.63) is 54.1 Å². The number of aromatic nitrogens is 2. The summed E-state index contributed by atoms with van der Waals surface area (Å²) in [5.74, 6) is 1.92. The van der Waals surface area contributed by atoms with Gasteiger partial charge in [0, 0.05) is 31.4 Å². The van der Waals surface area contributed by atoms with E-state index in [9.17, 15) is 0 Å². The third kappa shape index (κ3) is 2.93. The van der Waals surface area contributed by atoms with Crippen LogP contribution in [-0.4, -0.2) is 27.5 Å². The third-order valence-corrected chi connectivity index (χ3v) is 4.29. The van der Waals surface area contributed by atoms with Gasteiger partial charge >= 0.3 is 0 Å². The highest BCUT2D eigenvalue weighted by Gasteiger charge is 2.23. The number of benzene rings is 1. The van der Waals surface area contributed by atoms with Crippen molar-refractivity contribution in [2.45, 2.75) is 38.8 Å². The molecule has 0 amide bonds. The van der Waals surface area contributed by atoms with Gasteiger partial charge in [0.2, 0.25) is 0 Å². The van der Waals surface area contributed by atoms with Gasteiger partial charge in [0.05, 0.1) is 0 Å². The Labute approximate surface area is 121 Å². The Bertz CT molecular complexity index is 524. The molecule has 3 heteroatoms. The van der Waals surface area contributed by atoms with Gasteiger partial charge in [0.1, 0.15) is 5.82 Å². The highest BCUT2D eigenvalue weighted by atomic mass is 15.1. The van der Waals surface area contributed by atoms with Gasteiger partial charge in [-0.05, 0) is 38.4 Å². The molecule has 106 valence electrons. The number of aryl methyl sites for hydroxylation is 1. The smallest absolute Gasteiger partial charge is 0.111 e. The predicted molar refractivity (Wildman–Crippen MR) is 81.6 cm³/mol. The highest BCUT2D eigenvalue weighted by Crippen LogP contribution is 2.27. The van der Waals surface area contributed by atoms with Gasteiger partial charge in [-0.3, -0.25) is 4.90 Å². The van der Waals surface area contributed by atoms with Crippen molar-refractivity contribution < 1.29 is 0 Å². The second-order valence-corrected chi connectivity index (χ2v) is 5.61. The molecular weight excluding hydrogens is 246 g/mol. The molecule has 20 heavy (non-hydrogen) atoms. The van der Waals surface area contributed by atoms with Crippen molar-refractivity contribution in [3.63, 3.8) is 0 Å². The quantitative estimate of drug-likeness (QED) is 0.849. The molecule has 1 aromatic heterocycles. The van der Waals surface area contributed by atoms with Crippen LogP contribution in [0.1, 0.15) is 37.1 Å². The molecular formula is C17H23N3. The van der Waals surface area contributed by atoms with E-state index in [1.54, 1.807) is 0 Å². The fourth-order valence-corrected chi connectivity index (χ4v) is 3.14. The van der Waals surface area contributed by atoms with Crippen LogP contribution >= 0.6 is 0 Å². The van der Waals surface area contributed by atoms with Crippen LogP contribution in [0.4, 0.5) is 0 Å². The summed E-state index contributed by atoms with van der Waals surface area (Å²) in [6.07, 6.45) is 6.49. The third-order valence-electron chi connectivity index (χ3n) is 4.29. The lowest BCUT2D eigenvalue weighted by molar-refractivity contribution is 0.200. The molecule has 3 nitrogen and oxygen atoms in total. The summed E-state index contributed by atoms with van der Waals surface area (Å²) in [5, 5.41) is 0. The minimum absolute atomic E-state index is 0.636. The first-order valence-corrected chi connectivity index (χ1v) is 7.64. The first kappa shape index (κ1) is 13.4. The molecule has 0 N–H and O–H groups in total. The van der Waals surface area contributed by atoms with E-state index in [0.717, 1.165) is 13.1 Å². The normalized spacial score (nSPS) is 17.4. The van der Waals surface area contributed by atoms with Gasteiger partial charge in [0.25, 0.3) is 0 Å². The minimum Gasteiger partial charge on any atom is -0.335 e. The molecule has 2 heterocycles. The number of rotatable bonds is 4. The molecule has 1 aliphatic rings. The van der Waals surface area contributed by atoms with Crippen molar-refractivity contribution in [1.82, 2.24) is 14.5 Å². The van der Waals surface area contributed by atoms with Crippen molar-refractivity contribution in [1.29, 1.82) is 0 Å². The zero-order chi connectivity index (χ0) is 13.8. The van der Waals surface area contributed by atoms with E-state index in [0.29, 0.717) is 5.92 Å². The van der Waals surface area contributed by atoms with E-state index in [4.69, 9.17) is 0 Å². The standard InChI is InChI=1S/C17H23N3/c1-2-20-13-10-18-17(20)16-8-11-19(12-9-16)14-15-6-4-3-5-7-15/h3-7,10,13,16H,2,8-9,11-12,14H2,1H3. The second kappa shape index (κ2) is 6.23. The number of hydrogen-bond donors (Lipinski definition) is 0. The van der Waals surface area contributed by atoms with Gasteiger partial charge in [-0.15, -0.1) is 0 Å². The Morgan fingerprint density at radius 2 is 1.90 bits per heavy atom. The second-order valence-electron chi connectivity index (χ2n) is 5.61. The Balaban J connectivity index is 1.57. The summed E-state index contributed by atoms with van der Waals surface area (Å²) in [5.41, 5.74) is 1.42. The average molecular weight is 269 g/mol. The van der Waals surface area contributed by atoms with E-state index in [2.05, 4.69) is 57.9 Å². The average Bonchev–Trinajstić information content (AvgIpc) is 2.98. The molecule has 1 aromatic carbocycles. The van der Waals surface area contributed by atoms with E-state index < -0.39 is 0 Å². The van der Waals surface area contributed by atoms with Gasteiger partial charge in [-0.2, -0.15) is 0 Å². The monoisotopic (exact) mass is 269 g/mol. The number of likely N-dealkylation sites (tertiary alicyclic amines) is 1. The van der Waals surface area contributed by atoms with Crippen LogP contribution in [0.3, 0.4) is 0 Å². The van der Waals surface area contributed by atoms with E-state index in [-0.39, 0.29) is 0 Å². The van der Waals surface area contributed by atoms with Crippen LogP contribution < -0.4 is 0 Å². The van der Waals surface area contributed by atoms with Crippen LogP contribution in [-0.2, 0) is 13.1 Å². The first-order valence-electron chi connectivity index (χ1n) is 7.64. The molecule has 0 bridgehead atoms. The van der Waals surface area contributed by atoms with Crippen LogP contribution in [0.2, 0.25) is 0 Å². The van der Waals surface area contributed by atoms with E-state index >= 15 is 0 Å². The van der Waals surface area contributed by atoms with Gasteiger partial charge < -0.3 is 4.57 Å². The molecule has 0 radical (unpaired) electrons. The number of piperidine rings is 1. The minimum atomic E-state index is 0.636. The van der Waals surface area contributed by atoms with Crippen molar-refractivity contribution in [2.75, 3.05) is 13.1 Å². The summed E-state index contributed by atoms with van der Waals surface area (Å²) < 4.78 is 2.29. The lowest BCUT2D eigenvalue weighted by Crippen LogP contribution is -2.33. The number of nitrogens with zero attached hydrogens (tertiary/aromatic N) is 3. The van der Waals surface area contributed by atoms with E-state index in [1.165, 1.54) is 37.3 Å². The Hall–Kier alpha value is -1.61. The molecule has 3 rings (SSSR count). The lowest BCUT2D eigenvalue weighted by Gasteiger charge is -2.31. The SMILES string of the molecule is CCn1ccnc1C1CCN(Cc2ccccc2)CC1. The molecule has 1 saturated heterocycles. The maximum Gasteiger partial charge on any atom is 0.111 e. The zero-order valence-corrected chi connectivity index (χ0v) is 12.2. The number of imidazole rings is 1. The molecule has 0 unspecified atom stereocenters. The van der Waals surface area contributed by atoms with E-state index in [1.807, 2.05) is 6.20 Å². The fraction of sp³-hybridized carbons (Fsp3) is 0.471. The predicted octanol–water partition coefficient (Wildman–Crippen LogP) is 3.28. The topological polar surface area (TPSA) is 21.1 Å². The maximum atomic E-state index is 4.56. The molecule has 2 aromatic rings. The van der Waals surface area contributed by atoms with Crippen LogP contribution in [0.5, 0.6) is 0 Å². The maximum absolute atomic E-state index is 4.56. The molecule has 0 aliphatic carbocycles. The van der Waals surface area contributed by atoms with Crippen molar-refractivity contribution >= 4 is 0 Å². The van der Waals surface area contributed by atoms with Crippen LogP contribution in [0, 0.1) is 0 Å². The summed E-state index contributed by atoms with van der Waals surface area (Å²) in [7, 11) is 0. The van der Waals surface area contributed by atoms with Gasteiger partial charge in [0.15, 0.2) is 0 Å². The molecule has 0 spiro atoms. The first-order chi connectivity index (χ1) is 9.86. The van der Waals surface area contributed by atoms with Crippen molar-refractivity contribution in [2.24, 2.45) is 0 Å². The molecule has 1 aliphatic heterocycles. The Kier molecular flexibility index (Phi) is 4.16. The number of hydrogen-bond acceptors (Lipinski definition) is 2. The molecule has 0 saturated carbocycles. The van der Waals surface area contributed by atoms with Crippen LogP contribution in [0.25, 0.3) is 0 Å². The highest BCUT2D eigenvalue weighted by molar-refractivity contribution is 5.14. The summed E-state index contributed by atoms with van der Waals surface area (Å²) >= 11 is 0. The van der Waals surface area contributed by atoms with Crippen molar-refractivity contribution in [3.8, 4) is 0 Å². The van der Waals surface area contributed by atoms with Crippen LogP contribution in [0.15, 0.2) is 42.7 Å². The molecule has 1 fully saturated rings. The largest absolute Gasteiger partial charge is 0.335 e. The summed E-state index contributed by atoms with van der Waals surface area (Å²) in [6, 6.07) is 10.8. The zero-order valence-electron chi connectivity index (χ0n) is 12.2. The Morgan fingerprint density at radius 3 is 2.60 bits per heavy atom. The molecule has 0 atom stereocenters. The summed E-state index contributed by atoms with van der Waals surface area (Å²) in [4.78, 5) is 7.12. The van der Waals surface area contributed by atoms with Gasteiger partial charge in [-0.25, -0.2) is 4.98 Å². The summed E-state index contributed by atoms with van der Waals surface area (Å²) in [6.45, 7) is 6.65.